The van der Waals surface area contributed by atoms with Gasteiger partial charge in [-0.25, -0.2) is 0 Å². The van der Waals surface area contributed by atoms with E-state index >= 15 is 0 Å². The van der Waals surface area contributed by atoms with Gasteiger partial charge in [0.25, 0.3) is 0 Å². The zero-order valence-electron chi connectivity index (χ0n) is 14.6. The molecule has 5 heteroatoms. The van der Waals surface area contributed by atoms with Crippen LogP contribution >= 0.6 is 24.8 Å². The van der Waals surface area contributed by atoms with Crippen LogP contribution < -0.4 is 3.32 Å². The van der Waals surface area contributed by atoms with Gasteiger partial charge in [-0.3, -0.25) is 0 Å². The number of hydrogen-bond donors (Lipinski definition) is 0. The fourth-order valence-electron chi connectivity index (χ4n) is 3.32. The molecule has 0 spiro atoms. The Labute approximate surface area is 167 Å². The van der Waals surface area contributed by atoms with Crippen molar-refractivity contribution in [2.75, 3.05) is 14.1 Å². The Balaban J connectivity index is 0.00000144. The third kappa shape index (κ3) is 4.77. The van der Waals surface area contributed by atoms with Crippen molar-refractivity contribution < 1.29 is 22.9 Å². The van der Waals surface area contributed by atoms with Crippen LogP contribution in [0.2, 0.25) is 0 Å². The molecule has 24 heavy (non-hydrogen) atoms. The van der Waals surface area contributed by atoms with Gasteiger partial charge in [0.1, 0.15) is 0 Å². The molecular formula is C19H25Cl2NOTi. The number of likely N-dealkylation sites (N-methyl/N-ethyl adjacent to an activating group) is 1. The summed E-state index contributed by atoms with van der Waals surface area (Å²) in [6.07, 6.45) is 1.15. The topological polar surface area (TPSA) is 12.5 Å². The van der Waals surface area contributed by atoms with E-state index in [0.717, 1.165) is 12.2 Å². The van der Waals surface area contributed by atoms with E-state index < -0.39 is 19.5 Å². The average Bonchev–Trinajstić information content (AvgIpc) is 2.83. The van der Waals surface area contributed by atoms with Crippen LogP contribution in [0.1, 0.15) is 26.5 Å². The van der Waals surface area contributed by atoms with E-state index in [1.54, 1.807) is 0 Å². The van der Waals surface area contributed by atoms with Crippen molar-refractivity contribution >= 4 is 24.8 Å². The van der Waals surface area contributed by atoms with Gasteiger partial charge in [-0.15, -0.1) is 24.8 Å². The Kier molecular flexibility index (Phi) is 8.31. The van der Waals surface area contributed by atoms with Crippen molar-refractivity contribution in [3.8, 4) is 5.75 Å². The molecule has 2 unspecified atom stereocenters. The Bertz CT molecular complexity index is 658. The van der Waals surface area contributed by atoms with Gasteiger partial charge in [-0.05, 0) is 0 Å². The maximum atomic E-state index is 6.29. The molecule has 0 aromatic heterocycles. The molecule has 2 aromatic carbocycles. The van der Waals surface area contributed by atoms with Crippen LogP contribution in [0.15, 0.2) is 42.5 Å². The second-order valence-electron chi connectivity index (χ2n) is 6.45. The summed E-state index contributed by atoms with van der Waals surface area (Å²) in [6, 6.07) is 16.0. The molecule has 0 saturated heterocycles. The van der Waals surface area contributed by atoms with Gasteiger partial charge >= 0.3 is 143 Å². The summed E-state index contributed by atoms with van der Waals surface area (Å²) in [5.74, 6) is 1.04. The van der Waals surface area contributed by atoms with Crippen molar-refractivity contribution in [1.82, 2.24) is 4.90 Å². The number of nitrogens with zero attached hydrogens (tertiary/aromatic N) is 1. The molecule has 0 bridgehead atoms. The molecule has 2 nitrogen and oxygen atoms in total. The molecule has 0 fully saturated rings. The zero-order chi connectivity index (χ0) is 15.7. The van der Waals surface area contributed by atoms with E-state index in [2.05, 4.69) is 75.3 Å². The molecule has 0 saturated carbocycles. The molecule has 0 radical (unpaired) electrons. The van der Waals surface area contributed by atoms with Crippen molar-refractivity contribution in [3.63, 3.8) is 0 Å². The van der Waals surface area contributed by atoms with Gasteiger partial charge in [0, 0.05) is 0 Å². The van der Waals surface area contributed by atoms with E-state index in [1.807, 2.05) is 0 Å². The second-order valence-corrected chi connectivity index (χ2v) is 8.11. The molecule has 0 N–H and O–H groups in total. The zero-order valence-corrected chi connectivity index (χ0v) is 17.8. The second kappa shape index (κ2) is 9.26. The van der Waals surface area contributed by atoms with Crippen LogP contribution in [-0.4, -0.2) is 25.0 Å². The Morgan fingerprint density at radius 3 is 2.25 bits per heavy atom. The molecule has 1 aliphatic rings. The van der Waals surface area contributed by atoms with Gasteiger partial charge < -0.3 is 0 Å². The first kappa shape index (κ1) is 21.5. The molecule has 0 amide bonds. The van der Waals surface area contributed by atoms with E-state index in [-0.39, 0.29) is 24.8 Å². The van der Waals surface area contributed by atoms with Crippen LogP contribution in [0, 0.1) is 13.8 Å². The maximum Gasteiger partial charge on any atom is -0.147 e. The molecule has 2 atom stereocenters. The summed E-state index contributed by atoms with van der Waals surface area (Å²) < 4.78 is 6.85. The van der Waals surface area contributed by atoms with E-state index in [1.165, 1.54) is 22.3 Å². The third-order valence-corrected chi connectivity index (χ3v) is 6.40. The first-order valence-corrected chi connectivity index (χ1v) is 9.33. The number of benzene rings is 2. The van der Waals surface area contributed by atoms with Gasteiger partial charge in [0.05, 0.1) is 0 Å². The number of hydrogen-bond acceptors (Lipinski definition) is 2. The summed E-state index contributed by atoms with van der Waals surface area (Å²) >= 11 is -0.541. The summed E-state index contributed by atoms with van der Waals surface area (Å²) in [5.41, 5.74) is 5.56. The summed E-state index contributed by atoms with van der Waals surface area (Å²) in [4.78, 5) is 2.36. The Hall–Kier alpha value is -0.506. The smallest absolute Gasteiger partial charge is 0.147 e. The molecular weight excluding hydrogens is 377 g/mol. The molecule has 0 heterocycles. The normalized spacial score (nSPS) is 18.4. The minimum absolute atomic E-state index is 0. The SMILES string of the molecule is Cc1cc(C)cc([O][Ti][CH]2c3ccccc3CC2N(C)C)c1.Cl.Cl. The standard InChI is InChI=1S/C11H14N.C8H10O.2ClH.Ti/c1-12(2)11-7-9-5-3-4-6-10(9)8-11;1-6-3-7(2)5-8(9)4-6;;;/h3-7,11H,8H2,1-2H3;3-5,9H,1-2H3;2*1H;/q;;;;+1/p-1. The molecule has 3 rings (SSSR count). The van der Waals surface area contributed by atoms with Gasteiger partial charge in [-0.1, -0.05) is 0 Å². The monoisotopic (exact) mass is 401 g/mol. The van der Waals surface area contributed by atoms with Crippen LogP contribution in [0.4, 0.5) is 0 Å². The van der Waals surface area contributed by atoms with E-state index in [9.17, 15) is 0 Å². The number of fused-ring (bicyclic) bond motifs is 1. The maximum absolute atomic E-state index is 6.29. The first-order chi connectivity index (χ1) is 10.5. The number of rotatable bonds is 4. The van der Waals surface area contributed by atoms with Crippen molar-refractivity contribution in [1.29, 1.82) is 0 Å². The van der Waals surface area contributed by atoms with Crippen LogP contribution in [0.25, 0.3) is 0 Å². The summed E-state index contributed by atoms with van der Waals surface area (Å²) in [5, 5.41) is 0. The fraction of sp³-hybridized carbons (Fsp3) is 0.368. The van der Waals surface area contributed by atoms with Crippen LogP contribution in [-0.2, 0) is 26.0 Å². The van der Waals surface area contributed by atoms with Crippen molar-refractivity contribution in [2.45, 2.75) is 30.5 Å². The fourth-order valence-corrected chi connectivity index (χ4v) is 5.45. The molecule has 2 aromatic rings. The van der Waals surface area contributed by atoms with Crippen molar-refractivity contribution in [3.05, 3.63) is 64.7 Å². The molecule has 130 valence electrons. The molecule has 0 aliphatic heterocycles. The third-order valence-electron chi connectivity index (χ3n) is 4.37. The number of aryl methyl sites for hydroxylation is 2. The Morgan fingerprint density at radius 2 is 1.62 bits per heavy atom. The predicted octanol–water partition coefficient (Wildman–Crippen LogP) is 4.75. The average molecular weight is 402 g/mol. The largest absolute Gasteiger partial charge is 0.147 e. The van der Waals surface area contributed by atoms with Crippen LogP contribution in [0.3, 0.4) is 0 Å². The minimum Gasteiger partial charge on any atom is -0.147 e. The van der Waals surface area contributed by atoms with Crippen molar-refractivity contribution in [2.24, 2.45) is 0 Å². The summed E-state index contributed by atoms with van der Waals surface area (Å²) in [6.45, 7) is 4.26. The quantitative estimate of drug-likeness (QED) is 0.685. The van der Waals surface area contributed by atoms with Gasteiger partial charge in [0.2, 0.25) is 0 Å². The van der Waals surface area contributed by atoms with Crippen LogP contribution in [0.5, 0.6) is 5.75 Å². The van der Waals surface area contributed by atoms with E-state index in [0.29, 0.717) is 10.3 Å². The Morgan fingerprint density at radius 1 is 1.00 bits per heavy atom. The predicted molar refractivity (Wildman–Crippen MR) is 101 cm³/mol. The molecule has 1 aliphatic carbocycles. The number of halogens is 2. The van der Waals surface area contributed by atoms with Gasteiger partial charge in [0.15, 0.2) is 0 Å². The minimum atomic E-state index is -0.541. The van der Waals surface area contributed by atoms with E-state index in [4.69, 9.17) is 3.32 Å². The summed E-state index contributed by atoms with van der Waals surface area (Å²) in [7, 11) is 4.37. The first-order valence-electron chi connectivity index (χ1n) is 7.79. The van der Waals surface area contributed by atoms with Gasteiger partial charge in [-0.2, -0.15) is 0 Å².